The van der Waals surface area contributed by atoms with Gasteiger partial charge in [-0.15, -0.1) is 39.5 Å². The summed E-state index contributed by atoms with van der Waals surface area (Å²) in [6, 6.07) is 0. The van der Waals surface area contributed by atoms with Crippen LogP contribution in [0.25, 0.3) is 0 Å². The first-order valence-electron chi connectivity index (χ1n) is 9.42. The molecule has 0 aliphatic rings. The fourth-order valence-electron chi connectivity index (χ4n) is 2.61. The van der Waals surface area contributed by atoms with E-state index in [9.17, 15) is 5.11 Å². The van der Waals surface area contributed by atoms with Gasteiger partial charge in [0.25, 0.3) is 0 Å². The minimum atomic E-state index is -0.840. The SMILES string of the molecule is C=CCC(O)N(CC=C)c1nc(N(CC=C)CC=C)nc(N(CC=C)CC=C)n1. The number of aliphatic hydroxyl groups is 1. The van der Waals surface area contributed by atoms with Crippen LogP contribution in [0.15, 0.2) is 75.9 Å². The van der Waals surface area contributed by atoms with Crippen LogP contribution in [0.2, 0.25) is 0 Å². The first-order chi connectivity index (χ1) is 14.1. The third kappa shape index (κ3) is 7.04. The predicted molar refractivity (Wildman–Crippen MR) is 123 cm³/mol. The maximum atomic E-state index is 10.6. The number of hydrogen-bond donors (Lipinski definition) is 1. The molecule has 1 unspecified atom stereocenters. The zero-order chi connectivity index (χ0) is 21.6. The fourth-order valence-corrected chi connectivity index (χ4v) is 2.61. The standard InChI is InChI=1S/C22H32N6O/c1-7-13-19(29)28(18-12-6)22-24-20(26(14-8-2)15-9-3)23-21(25-22)27(16-10-4)17-11-5/h7-12,19,29H,1-6,13-18H2. The molecule has 1 aromatic rings. The Morgan fingerprint density at radius 3 is 1.34 bits per heavy atom. The van der Waals surface area contributed by atoms with E-state index < -0.39 is 6.23 Å². The van der Waals surface area contributed by atoms with Crippen molar-refractivity contribution < 1.29 is 5.11 Å². The quantitative estimate of drug-likeness (QED) is 0.340. The van der Waals surface area contributed by atoms with Gasteiger partial charge in [0.2, 0.25) is 17.8 Å². The van der Waals surface area contributed by atoms with Gasteiger partial charge in [-0.05, 0) is 0 Å². The van der Waals surface area contributed by atoms with Crippen LogP contribution in [-0.4, -0.2) is 59.0 Å². The van der Waals surface area contributed by atoms with Crippen LogP contribution in [0.3, 0.4) is 0 Å². The summed E-state index contributed by atoms with van der Waals surface area (Å²) in [5.41, 5.74) is 0. The third-order valence-electron chi connectivity index (χ3n) is 3.88. The highest BCUT2D eigenvalue weighted by Gasteiger charge is 2.22. The normalized spacial score (nSPS) is 11.1. The highest BCUT2D eigenvalue weighted by molar-refractivity contribution is 5.48. The van der Waals surface area contributed by atoms with E-state index in [0.29, 0.717) is 57.0 Å². The van der Waals surface area contributed by atoms with Gasteiger partial charge in [-0.1, -0.05) is 36.5 Å². The van der Waals surface area contributed by atoms with Crippen LogP contribution in [0.4, 0.5) is 17.8 Å². The fraction of sp³-hybridized carbons (Fsp3) is 0.318. The molecular weight excluding hydrogens is 364 g/mol. The Morgan fingerprint density at radius 1 is 0.621 bits per heavy atom. The van der Waals surface area contributed by atoms with E-state index in [0.717, 1.165) is 0 Å². The van der Waals surface area contributed by atoms with Gasteiger partial charge in [-0.2, -0.15) is 15.0 Å². The molecule has 0 spiro atoms. The van der Waals surface area contributed by atoms with Crippen molar-refractivity contribution in [1.29, 1.82) is 0 Å². The van der Waals surface area contributed by atoms with Crippen molar-refractivity contribution in [3.8, 4) is 0 Å². The van der Waals surface area contributed by atoms with E-state index in [1.807, 2.05) is 9.80 Å². The molecule has 0 aliphatic carbocycles. The molecule has 1 atom stereocenters. The van der Waals surface area contributed by atoms with Crippen LogP contribution in [-0.2, 0) is 0 Å². The zero-order valence-corrected chi connectivity index (χ0v) is 17.2. The van der Waals surface area contributed by atoms with E-state index in [1.165, 1.54) is 0 Å². The van der Waals surface area contributed by atoms with Crippen LogP contribution < -0.4 is 14.7 Å². The van der Waals surface area contributed by atoms with Crippen LogP contribution >= 0.6 is 0 Å². The monoisotopic (exact) mass is 396 g/mol. The molecule has 7 heteroatoms. The van der Waals surface area contributed by atoms with Crippen molar-refractivity contribution in [1.82, 2.24) is 15.0 Å². The molecule has 0 bridgehead atoms. The van der Waals surface area contributed by atoms with Gasteiger partial charge in [0.15, 0.2) is 0 Å². The summed E-state index contributed by atoms with van der Waals surface area (Å²) in [5.74, 6) is 1.26. The van der Waals surface area contributed by atoms with Crippen molar-refractivity contribution in [2.75, 3.05) is 47.4 Å². The maximum absolute atomic E-state index is 10.6. The van der Waals surface area contributed by atoms with Crippen molar-refractivity contribution in [3.63, 3.8) is 0 Å². The van der Waals surface area contributed by atoms with Gasteiger partial charge in [0.05, 0.1) is 0 Å². The van der Waals surface area contributed by atoms with Crippen LogP contribution in [0.1, 0.15) is 6.42 Å². The van der Waals surface area contributed by atoms with E-state index in [1.54, 1.807) is 41.4 Å². The molecule has 7 nitrogen and oxygen atoms in total. The summed E-state index contributed by atoms with van der Waals surface area (Å²) >= 11 is 0. The minimum absolute atomic E-state index is 0.343. The molecule has 0 radical (unpaired) electrons. The lowest BCUT2D eigenvalue weighted by atomic mass is 10.3. The van der Waals surface area contributed by atoms with E-state index in [4.69, 9.17) is 0 Å². The molecule has 1 N–H and O–H groups in total. The highest BCUT2D eigenvalue weighted by atomic mass is 16.3. The lowest BCUT2D eigenvalue weighted by molar-refractivity contribution is 0.173. The van der Waals surface area contributed by atoms with Gasteiger partial charge >= 0.3 is 0 Å². The van der Waals surface area contributed by atoms with E-state index in [2.05, 4.69) is 54.4 Å². The second-order valence-corrected chi connectivity index (χ2v) is 6.15. The lowest BCUT2D eigenvalue weighted by Crippen LogP contribution is -2.38. The van der Waals surface area contributed by atoms with Gasteiger partial charge in [0, 0.05) is 39.1 Å². The van der Waals surface area contributed by atoms with Gasteiger partial charge in [-0.25, -0.2) is 0 Å². The molecule has 0 amide bonds. The summed E-state index contributed by atoms with van der Waals surface area (Å²) in [5, 5.41) is 10.6. The van der Waals surface area contributed by atoms with Crippen molar-refractivity contribution >= 4 is 17.8 Å². The van der Waals surface area contributed by atoms with Crippen LogP contribution in [0.5, 0.6) is 0 Å². The number of aliphatic hydroxyl groups excluding tert-OH is 1. The Morgan fingerprint density at radius 2 is 1.00 bits per heavy atom. The summed E-state index contributed by atoms with van der Waals surface area (Å²) in [4.78, 5) is 19.4. The number of aromatic nitrogens is 3. The van der Waals surface area contributed by atoms with Gasteiger partial charge in [-0.3, -0.25) is 0 Å². The lowest BCUT2D eigenvalue weighted by Gasteiger charge is -2.29. The van der Waals surface area contributed by atoms with E-state index >= 15 is 0 Å². The molecule has 0 saturated heterocycles. The second-order valence-electron chi connectivity index (χ2n) is 6.15. The summed E-state index contributed by atoms with van der Waals surface area (Å²) < 4.78 is 0. The maximum Gasteiger partial charge on any atom is 0.234 e. The largest absolute Gasteiger partial charge is 0.373 e. The average Bonchev–Trinajstić information content (AvgIpc) is 2.71. The molecule has 29 heavy (non-hydrogen) atoms. The smallest absolute Gasteiger partial charge is 0.234 e. The number of nitrogens with zero attached hydrogens (tertiary/aromatic N) is 6. The van der Waals surface area contributed by atoms with Crippen molar-refractivity contribution in [3.05, 3.63) is 75.9 Å². The Hall–Kier alpha value is -3.19. The number of hydrogen-bond acceptors (Lipinski definition) is 7. The second kappa shape index (κ2) is 13.1. The molecule has 1 rings (SSSR count). The molecule has 1 aromatic heterocycles. The zero-order valence-electron chi connectivity index (χ0n) is 17.2. The minimum Gasteiger partial charge on any atom is -0.373 e. The molecule has 0 fully saturated rings. The predicted octanol–water partition coefficient (Wildman–Crippen LogP) is 3.12. The molecule has 0 saturated carbocycles. The Kier molecular flexibility index (Phi) is 10.7. The van der Waals surface area contributed by atoms with Crippen molar-refractivity contribution in [2.45, 2.75) is 12.6 Å². The molecule has 0 aliphatic heterocycles. The Balaban J connectivity index is 3.58. The van der Waals surface area contributed by atoms with Crippen LogP contribution in [0, 0.1) is 0 Å². The third-order valence-corrected chi connectivity index (χ3v) is 3.88. The average molecular weight is 397 g/mol. The number of anilines is 3. The number of rotatable bonds is 16. The summed E-state index contributed by atoms with van der Waals surface area (Å²) in [6.07, 6.45) is 9.93. The van der Waals surface area contributed by atoms with Gasteiger partial charge < -0.3 is 19.8 Å². The van der Waals surface area contributed by atoms with Crippen molar-refractivity contribution in [2.24, 2.45) is 0 Å². The Bertz CT molecular complexity index is 655. The topological polar surface area (TPSA) is 68.6 Å². The first-order valence-corrected chi connectivity index (χ1v) is 9.42. The summed E-state index contributed by atoms with van der Waals surface area (Å²) in [7, 11) is 0. The molecular formula is C22H32N6O. The summed E-state index contributed by atoms with van der Waals surface area (Å²) in [6.45, 7) is 25.2. The Labute approximate surface area is 174 Å². The van der Waals surface area contributed by atoms with E-state index in [-0.39, 0.29) is 0 Å². The van der Waals surface area contributed by atoms with Gasteiger partial charge in [0.1, 0.15) is 6.23 Å². The molecule has 0 aromatic carbocycles. The molecule has 1 heterocycles. The molecule has 156 valence electrons. The first kappa shape index (κ1) is 23.8. The highest BCUT2D eigenvalue weighted by Crippen LogP contribution is 2.21.